The van der Waals surface area contributed by atoms with Crippen LogP contribution in [-0.4, -0.2) is 34.6 Å². The molecule has 34 heavy (non-hydrogen) atoms. The van der Waals surface area contributed by atoms with Crippen LogP contribution in [0.5, 0.6) is 0 Å². The molecule has 0 amide bonds. The van der Waals surface area contributed by atoms with E-state index in [0.717, 1.165) is 42.9 Å². The second-order valence-corrected chi connectivity index (χ2v) is 14.3. The lowest BCUT2D eigenvalue weighted by atomic mass is 9.47. The van der Waals surface area contributed by atoms with Gasteiger partial charge in [0.25, 0.3) is 0 Å². The van der Waals surface area contributed by atoms with Gasteiger partial charge in [-0.05, 0) is 124 Å². The molecule has 0 bridgehead atoms. The summed E-state index contributed by atoms with van der Waals surface area (Å²) >= 11 is 0. The Kier molecular flexibility index (Phi) is 7.71. The third kappa shape index (κ3) is 5.05. The molecule has 0 heterocycles. The van der Waals surface area contributed by atoms with Gasteiger partial charge < -0.3 is 14.9 Å². The van der Waals surface area contributed by atoms with Crippen molar-refractivity contribution in [1.82, 2.24) is 0 Å². The van der Waals surface area contributed by atoms with Crippen LogP contribution in [-0.2, 0) is 4.74 Å². The summed E-state index contributed by atoms with van der Waals surface area (Å²) in [5.41, 5.74) is 1.75. The van der Waals surface area contributed by atoms with Crippen molar-refractivity contribution in [3.63, 3.8) is 0 Å². The molecule has 0 spiro atoms. The predicted octanol–water partition coefficient (Wildman–Crippen LogP) is 7.15. The van der Waals surface area contributed by atoms with Crippen LogP contribution < -0.4 is 0 Å². The molecule has 2 N–H and O–H groups in total. The van der Waals surface area contributed by atoms with Gasteiger partial charge in [-0.1, -0.05) is 46.3 Å². The van der Waals surface area contributed by atoms with Crippen molar-refractivity contribution in [1.29, 1.82) is 0 Å². The number of aliphatic hydroxyl groups excluding tert-OH is 1. The zero-order valence-electron chi connectivity index (χ0n) is 23.3. The van der Waals surface area contributed by atoms with Crippen LogP contribution in [0.2, 0.25) is 0 Å². The Labute approximate surface area is 210 Å². The maximum absolute atomic E-state index is 10.4. The van der Waals surface area contributed by atoms with Gasteiger partial charge in [0.15, 0.2) is 0 Å². The first kappa shape index (κ1) is 26.7. The first-order valence-corrected chi connectivity index (χ1v) is 14.6. The fraction of sp³-hybridized carbons (Fsp3) is 0.935. The molecule has 3 nitrogen and oxygen atoms in total. The Morgan fingerprint density at radius 3 is 2.44 bits per heavy atom. The number of hydrogen-bond donors (Lipinski definition) is 2. The van der Waals surface area contributed by atoms with Crippen LogP contribution in [0.4, 0.5) is 0 Å². The predicted molar refractivity (Wildman–Crippen MR) is 140 cm³/mol. The van der Waals surface area contributed by atoms with Crippen molar-refractivity contribution in [3.05, 3.63) is 11.6 Å². The molecule has 4 aliphatic rings. The van der Waals surface area contributed by atoms with Crippen LogP contribution in [0.1, 0.15) is 113 Å². The van der Waals surface area contributed by atoms with E-state index in [2.05, 4.69) is 40.7 Å². The third-order valence-corrected chi connectivity index (χ3v) is 11.2. The molecule has 9 atom stereocenters. The highest BCUT2D eigenvalue weighted by atomic mass is 16.5. The molecule has 196 valence electrons. The smallest absolute Gasteiger partial charge is 0.0824 e. The summed E-state index contributed by atoms with van der Waals surface area (Å²) in [4.78, 5) is 0. The van der Waals surface area contributed by atoms with Crippen LogP contribution >= 0.6 is 0 Å². The van der Waals surface area contributed by atoms with Crippen LogP contribution in [0.3, 0.4) is 0 Å². The first-order chi connectivity index (χ1) is 15.8. The first-order valence-electron chi connectivity index (χ1n) is 14.6. The van der Waals surface area contributed by atoms with E-state index >= 15 is 0 Å². The van der Waals surface area contributed by atoms with Crippen molar-refractivity contribution >= 4 is 0 Å². The minimum Gasteiger partial charge on any atom is -0.393 e. The van der Waals surface area contributed by atoms with Crippen molar-refractivity contribution in [2.75, 3.05) is 6.61 Å². The third-order valence-electron chi connectivity index (χ3n) is 11.2. The molecule has 3 heteroatoms. The molecule has 8 unspecified atom stereocenters. The van der Waals surface area contributed by atoms with Gasteiger partial charge in [-0.25, -0.2) is 0 Å². The van der Waals surface area contributed by atoms with Gasteiger partial charge in [0.05, 0.1) is 24.4 Å². The molecule has 3 fully saturated rings. The Hall–Kier alpha value is -0.380. The molecule has 0 aliphatic heterocycles. The number of hydrogen-bond acceptors (Lipinski definition) is 3. The lowest BCUT2D eigenvalue weighted by molar-refractivity contribution is -0.0845. The monoisotopic (exact) mass is 474 g/mol. The minimum absolute atomic E-state index is 0.146. The largest absolute Gasteiger partial charge is 0.393 e. The molecule has 0 saturated heterocycles. The van der Waals surface area contributed by atoms with E-state index in [9.17, 15) is 10.2 Å². The molecule has 0 aromatic heterocycles. The highest BCUT2D eigenvalue weighted by molar-refractivity contribution is 5.25. The zero-order chi connectivity index (χ0) is 24.9. The minimum atomic E-state index is -0.746. The van der Waals surface area contributed by atoms with Crippen LogP contribution in [0, 0.1) is 46.3 Å². The van der Waals surface area contributed by atoms with Gasteiger partial charge >= 0.3 is 0 Å². The van der Waals surface area contributed by atoms with E-state index in [-0.39, 0.29) is 12.2 Å². The van der Waals surface area contributed by atoms with Crippen molar-refractivity contribution < 1.29 is 14.9 Å². The topological polar surface area (TPSA) is 49.7 Å². The van der Waals surface area contributed by atoms with E-state index in [1.54, 1.807) is 5.57 Å². The maximum Gasteiger partial charge on any atom is 0.0824 e. The van der Waals surface area contributed by atoms with Gasteiger partial charge in [0.2, 0.25) is 0 Å². The van der Waals surface area contributed by atoms with Crippen molar-refractivity contribution in [2.45, 2.75) is 130 Å². The maximum atomic E-state index is 10.4. The Morgan fingerprint density at radius 1 is 1.03 bits per heavy atom. The van der Waals surface area contributed by atoms with Gasteiger partial charge in [0, 0.05) is 0 Å². The van der Waals surface area contributed by atoms with E-state index in [4.69, 9.17) is 4.74 Å². The second-order valence-electron chi connectivity index (χ2n) is 14.3. The quantitative estimate of drug-likeness (QED) is 0.367. The lowest BCUT2D eigenvalue weighted by Gasteiger charge is -2.58. The highest BCUT2D eigenvalue weighted by Gasteiger charge is 2.59. The van der Waals surface area contributed by atoms with Crippen LogP contribution in [0.25, 0.3) is 0 Å². The van der Waals surface area contributed by atoms with E-state index in [0.29, 0.717) is 29.3 Å². The summed E-state index contributed by atoms with van der Waals surface area (Å²) in [7, 11) is 0. The summed E-state index contributed by atoms with van der Waals surface area (Å²) < 4.78 is 6.15. The molecular formula is C31H54O3. The summed E-state index contributed by atoms with van der Waals surface area (Å²) in [5.74, 6) is 4.45. The zero-order valence-corrected chi connectivity index (χ0v) is 23.3. The average Bonchev–Trinajstić information content (AvgIpc) is 3.12. The number of allylic oxidation sites excluding steroid dienone is 1. The number of ether oxygens (including phenoxy) is 1. The van der Waals surface area contributed by atoms with Crippen molar-refractivity contribution in [2.24, 2.45) is 46.3 Å². The fourth-order valence-electron chi connectivity index (χ4n) is 9.04. The van der Waals surface area contributed by atoms with E-state index in [1.165, 1.54) is 44.9 Å². The number of fused-ring (bicyclic) bond motifs is 5. The Morgan fingerprint density at radius 2 is 1.76 bits per heavy atom. The normalized spacial score (nSPS) is 41.9. The standard InChI is InChI=1S/C31H54O3/c1-20(2)28(32)13-8-21(3)25-11-12-26-24-10-9-22-18-23(34-19-29(4,5)33)14-16-30(22,6)27(24)15-17-31(25,26)7/h9,20-21,23-28,32-33H,8,10-19H2,1-7H3/t21-,23?,24?,25?,26?,27?,28?,30?,31?/m1/s1. The summed E-state index contributed by atoms with van der Waals surface area (Å²) in [6.45, 7) is 16.1. The SMILES string of the molecule is CC(C)C(O)CC[C@@H](C)C1CCC2C3CC=C4CC(OCC(C)(C)O)CCC4(C)C3CCC21C. The van der Waals surface area contributed by atoms with Crippen LogP contribution in [0.15, 0.2) is 11.6 Å². The Bertz CT molecular complexity index is 735. The highest BCUT2D eigenvalue weighted by Crippen LogP contribution is 2.67. The summed E-state index contributed by atoms with van der Waals surface area (Å²) in [6, 6.07) is 0. The lowest BCUT2D eigenvalue weighted by Crippen LogP contribution is -2.51. The van der Waals surface area contributed by atoms with E-state index in [1.807, 2.05) is 13.8 Å². The molecule has 3 saturated carbocycles. The molecular weight excluding hydrogens is 420 g/mol. The summed E-state index contributed by atoms with van der Waals surface area (Å²) in [6.07, 6.45) is 15.2. The van der Waals surface area contributed by atoms with E-state index < -0.39 is 5.60 Å². The number of rotatable bonds is 8. The molecule has 0 aromatic carbocycles. The molecule has 4 rings (SSSR count). The van der Waals surface area contributed by atoms with Gasteiger partial charge in [-0.2, -0.15) is 0 Å². The van der Waals surface area contributed by atoms with Gasteiger partial charge in [0.1, 0.15) is 0 Å². The fourth-order valence-corrected chi connectivity index (χ4v) is 9.04. The van der Waals surface area contributed by atoms with Crippen molar-refractivity contribution in [3.8, 4) is 0 Å². The van der Waals surface area contributed by atoms with Gasteiger partial charge in [-0.3, -0.25) is 0 Å². The molecule has 0 radical (unpaired) electrons. The summed E-state index contributed by atoms with van der Waals surface area (Å²) in [5, 5.41) is 20.5. The van der Waals surface area contributed by atoms with Gasteiger partial charge in [-0.15, -0.1) is 0 Å². The number of aliphatic hydroxyl groups is 2. The molecule has 4 aliphatic carbocycles. The molecule has 0 aromatic rings. The Balaban J connectivity index is 1.43. The second kappa shape index (κ2) is 9.82. The average molecular weight is 475 g/mol.